The van der Waals surface area contributed by atoms with Crippen LogP contribution in [0.1, 0.15) is 37.6 Å². The third kappa shape index (κ3) is 7.19. The molecule has 0 aliphatic carbocycles. The van der Waals surface area contributed by atoms with Crippen LogP contribution in [0.4, 0.5) is 0 Å². The summed E-state index contributed by atoms with van der Waals surface area (Å²) >= 11 is 0. The van der Waals surface area contributed by atoms with E-state index in [2.05, 4.69) is 0 Å². The Morgan fingerprint density at radius 1 is 1.12 bits per heavy atom. The van der Waals surface area contributed by atoms with Crippen LogP contribution in [0.5, 0.6) is 5.75 Å². The van der Waals surface area contributed by atoms with Crippen molar-refractivity contribution in [3.05, 3.63) is 42.0 Å². The first kappa shape index (κ1) is 19.6. The van der Waals surface area contributed by atoms with Gasteiger partial charge in [0, 0.05) is 5.56 Å². The zero-order valence-corrected chi connectivity index (χ0v) is 14.1. The van der Waals surface area contributed by atoms with Gasteiger partial charge in [-0.1, -0.05) is 6.08 Å². The molecule has 0 unspecified atom stereocenters. The van der Waals surface area contributed by atoms with Crippen LogP contribution in [0, 0.1) is 0 Å². The largest absolute Gasteiger partial charge is 0.490 e. The number of allylic oxidation sites excluding steroid dienone is 1. The van der Waals surface area contributed by atoms with Crippen molar-refractivity contribution < 1.29 is 29.0 Å². The van der Waals surface area contributed by atoms with E-state index in [-0.39, 0.29) is 31.2 Å². The van der Waals surface area contributed by atoms with E-state index in [1.165, 1.54) is 32.9 Å². The molecular formula is C18H22O6. The summed E-state index contributed by atoms with van der Waals surface area (Å²) in [4.78, 5) is 33.9. The topological polar surface area (TPSA) is 89.9 Å². The molecule has 0 radical (unpaired) electrons. The molecular weight excluding hydrogens is 312 g/mol. The molecule has 6 heteroatoms. The molecule has 0 saturated heterocycles. The van der Waals surface area contributed by atoms with Gasteiger partial charge in [-0.25, -0.2) is 0 Å². The molecule has 130 valence electrons. The maximum absolute atomic E-state index is 11.9. The molecule has 0 amide bonds. The molecule has 0 fully saturated rings. The standard InChI is InChI=1S/C18H22O6/c1-13(19)5-4-6-16(20)24-12-11-23-15-9-7-14(8-10-15)17(21)18(2,3)22/h4-5,7-10,22H,6,11-12H2,1-3H3/b5-4+. The number of benzene rings is 1. The van der Waals surface area contributed by atoms with E-state index in [9.17, 15) is 19.5 Å². The Morgan fingerprint density at radius 2 is 1.75 bits per heavy atom. The molecule has 0 atom stereocenters. The summed E-state index contributed by atoms with van der Waals surface area (Å²) in [5, 5.41) is 9.67. The first-order valence-corrected chi connectivity index (χ1v) is 7.53. The molecule has 0 aromatic heterocycles. The van der Waals surface area contributed by atoms with Crippen LogP contribution in [0.15, 0.2) is 36.4 Å². The van der Waals surface area contributed by atoms with Gasteiger partial charge >= 0.3 is 5.97 Å². The van der Waals surface area contributed by atoms with Crippen molar-refractivity contribution in [1.29, 1.82) is 0 Å². The van der Waals surface area contributed by atoms with Gasteiger partial charge in [0.2, 0.25) is 0 Å². The Hall–Kier alpha value is -2.47. The summed E-state index contributed by atoms with van der Waals surface area (Å²) in [6.45, 7) is 4.51. The zero-order valence-electron chi connectivity index (χ0n) is 14.1. The van der Waals surface area contributed by atoms with Crippen LogP contribution in [0.25, 0.3) is 0 Å². The van der Waals surface area contributed by atoms with Crippen molar-refractivity contribution in [2.45, 2.75) is 32.8 Å². The third-order valence-corrected chi connectivity index (χ3v) is 2.92. The van der Waals surface area contributed by atoms with E-state index >= 15 is 0 Å². The number of rotatable bonds is 9. The van der Waals surface area contributed by atoms with Crippen molar-refractivity contribution in [2.24, 2.45) is 0 Å². The van der Waals surface area contributed by atoms with Crippen molar-refractivity contribution in [1.82, 2.24) is 0 Å². The second-order valence-electron chi connectivity index (χ2n) is 5.70. The summed E-state index contributed by atoms with van der Waals surface area (Å²) in [6.07, 6.45) is 2.80. The Morgan fingerprint density at radius 3 is 2.29 bits per heavy atom. The zero-order chi connectivity index (χ0) is 18.2. The average molecular weight is 334 g/mol. The highest BCUT2D eigenvalue weighted by atomic mass is 16.6. The Kier molecular flexibility index (Phi) is 7.32. The lowest BCUT2D eigenvalue weighted by atomic mass is 9.97. The number of carbonyl (C=O) groups excluding carboxylic acids is 3. The van der Waals surface area contributed by atoms with Crippen LogP contribution < -0.4 is 4.74 Å². The monoisotopic (exact) mass is 334 g/mol. The Balaban J connectivity index is 2.35. The minimum absolute atomic E-state index is 0.0351. The summed E-state index contributed by atoms with van der Waals surface area (Å²) in [5.74, 6) is -0.420. The number of aliphatic hydroxyl groups is 1. The highest BCUT2D eigenvalue weighted by Crippen LogP contribution is 2.17. The summed E-state index contributed by atoms with van der Waals surface area (Å²) in [5.41, 5.74) is -1.04. The second kappa shape index (κ2) is 8.98. The lowest BCUT2D eigenvalue weighted by Crippen LogP contribution is -2.30. The first-order chi connectivity index (χ1) is 11.2. The number of esters is 1. The van der Waals surface area contributed by atoms with Gasteiger partial charge in [-0.2, -0.15) is 0 Å². The van der Waals surface area contributed by atoms with Gasteiger partial charge in [-0.05, 0) is 51.1 Å². The summed E-state index contributed by atoms with van der Waals surface area (Å²) < 4.78 is 10.3. The fourth-order valence-electron chi connectivity index (χ4n) is 1.75. The Labute approximate surface area is 141 Å². The summed E-state index contributed by atoms with van der Waals surface area (Å²) in [6, 6.07) is 6.34. The molecule has 0 spiro atoms. The normalized spacial score (nSPS) is 11.3. The number of ether oxygens (including phenoxy) is 2. The molecule has 0 bridgehead atoms. The van der Waals surface area contributed by atoms with Crippen LogP contribution in [0.2, 0.25) is 0 Å². The highest BCUT2D eigenvalue weighted by Gasteiger charge is 2.24. The number of carbonyl (C=O) groups is 3. The van der Waals surface area contributed by atoms with Gasteiger partial charge < -0.3 is 14.6 Å². The second-order valence-corrected chi connectivity index (χ2v) is 5.70. The predicted octanol–water partition coefficient (Wildman–Crippen LogP) is 2.10. The highest BCUT2D eigenvalue weighted by molar-refractivity contribution is 6.01. The van der Waals surface area contributed by atoms with Gasteiger partial charge in [-0.3, -0.25) is 14.4 Å². The van der Waals surface area contributed by atoms with Gasteiger partial charge in [0.15, 0.2) is 11.6 Å². The van der Waals surface area contributed by atoms with Crippen molar-refractivity contribution in [3.8, 4) is 5.75 Å². The molecule has 0 aliphatic heterocycles. The van der Waals surface area contributed by atoms with Gasteiger partial charge in [-0.15, -0.1) is 0 Å². The molecule has 6 nitrogen and oxygen atoms in total. The fraction of sp³-hybridized carbons (Fsp3) is 0.389. The maximum atomic E-state index is 11.9. The van der Waals surface area contributed by atoms with E-state index in [0.29, 0.717) is 11.3 Å². The van der Waals surface area contributed by atoms with E-state index in [1.54, 1.807) is 24.3 Å². The van der Waals surface area contributed by atoms with Gasteiger partial charge in [0.05, 0.1) is 6.42 Å². The fourth-order valence-corrected chi connectivity index (χ4v) is 1.75. The number of hydrogen-bond donors (Lipinski definition) is 1. The van der Waals surface area contributed by atoms with E-state index in [0.717, 1.165) is 0 Å². The minimum Gasteiger partial charge on any atom is -0.490 e. The molecule has 1 N–H and O–H groups in total. The minimum atomic E-state index is -1.42. The number of hydrogen-bond acceptors (Lipinski definition) is 6. The van der Waals surface area contributed by atoms with Crippen molar-refractivity contribution >= 4 is 17.5 Å². The predicted molar refractivity (Wildman–Crippen MR) is 88.0 cm³/mol. The quantitative estimate of drug-likeness (QED) is 0.322. The Bertz CT molecular complexity index is 607. The SMILES string of the molecule is CC(=O)/C=C/CC(=O)OCCOc1ccc(C(=O)C(C)(C)O)cc1. The molecule has 1 aromatic rings. The molecule has 0 saturated carbocycles. The van der Waals surface area contributed by atoms with E-state index in [4.69, 9.17) is 9.47 Å². The van der Waals surface area contributed by atoms with Crippen LogP contribution in [-0.4, -0.2) is 41.5 Å². The van der Waals surface area contributed by atoms with Crippen molar-refractivity contribution in [2.75, 3.05) is 13.2 Å². The lowest BCUT2D eigenvalue weighted by molar-refractivity contribution is -0.143. The third-order valence-electron chi connectivity index (χ3n) is 2.92. The van der Waals surface area contributed by atoms with E-state index in [1.807, 2.05) is 0 Å². The smallest absolute Gasteiger partial charge is 0.309 e. The van der Waals surface area contributed by atoms with Crippen LogP contribution in [-0.2, 0) is 14.3 Å². The molecule has 1 rings (SSSR count). The van der Waals surface area contributed by atoms with Gasteiger partial charge in [0.1, 0.15) is 24.6 Å². The van der Waals surface area contributed by atoms with Crippen LogP contribution in [0.3, 0.4) is 0 Å². The first-order valence-electron chi connectivity index (χ1n) is 7.53. The van der Waals surface area contributed by atoms with Gasteiger partial charge in [0.25, 0.3) is 0 Å². The number of Topliss-reactive ketones (excluding diaryl/α,β-unsaturated/α-hetero) is 1. The number of ketones is 2. The van der Waals surface area contributed by atoms with Crippen molar-refractivity contribution in [3.63, 3.8) is 0 Å². The van der Waals surface area contributed by atoms with Crippen LogP contribution >= 0.6 is 0 Å². The molecule has 0 heterocycles. The molecule has 0 aliphatic rings. The molecule has 24 heavy (non-hydrogen) atoms. The average Bonchev–Trinajstić information content (AvgIpc) is 2.50. The summed E-state index contributed by atoms with van der Waals surface area (Å²) in [7, 11) is 0. The molecule has 1 aromatic carbocycles. The lowest BCUT2D eigenvalue weighted by Gasteiger charge is -2.15. The van der Waals surface area contributed by atoms with E-state index < -0.39 is 11.6 Å². The maximum Gasteiger partial charge on any atom is 0.309 e.